The highest BCUT2D eigenvalue weighted by Crippen LogP contribution is 2.32. The third-order valence-corrected chi connectivity index (χ3v) is 6.80. The maximum Gasteiger partial charge on any atom is 0.323 e. The number of piperidine rings is 1. The molecule has 0 radical (unpaired) electrons. The van der Waals surface area contributed by atoms with Crippen LogP contribution in [0.3, 0.4) is 0 Å². The maximum absolute atomic E-state index is 12.7. The molecule has 0 unspecified atom stereocenters. The number of anilines is 2. The van der Waals surface area contributed by atoms with Crippen molar-refractivity contribution in [3.63, 3.8) is 0 Å². The van der Waals surface area contributed by atoms with Crippen LogP contribution in [-0.4, -0.2) is 39.9 Å². The van der Waals surface area contributed by atoms with E-state index in [0.717, 1.165) is 47.5 Å². The Morgan fingerprint density at radius 1 is 1.00 bits per heavy atom. The molecule has 2 fully saturated rings. The van der Waals surface area contributed by atoms with Crippen molar-refractivity contribution in [2.24, 2.45) is 5.92 Å². The number of nitrogens with zero attached hydrogens (tertiary/aromatic N) is 3. The zero-order valence-corrected chi connectivity index (χ0v) is 19.0. The van der Waals surface area contributed by atoms with E-state index in [9.17, 15) is 9.59 Å². The number of rotatable bonds is 5. The number of nitrogens with one attached hydrogen (secondary N) is 2. The van der Waals surface area contributed by atoms with E-state index >= 15 is 0 Å². The van der Waals surface area contributed by atoms with Crippen molar-refractivity contribution < 1.29 is 9.59 Å². The van der Waals surface area contributed by atoms with Crippen LogP contribution < -0.4 is 10.6 Å². The lowest BCUT2D eigenvalue weighted by molar-refractivity contribution is -0.117. The minimum Gasteiger partial charge on any atom is -0.326 e. The Hall–Kier alpha value is -3.52. The van der Waals surface area contributed by atoms with Crippen molar-refractivity contribution in [2.75, 3.05) is 23.7 Å². The molecule has 8 heteroatoms. The Morgan fingerprint density at radius 2 is 1.79 bits per heavy atom. The molecule has 0 spiro atoms. The minimum atomic E-state index is -0.120. The van der Waals surface area contributed by atoms with Gasteiger partial charge in [0.25, 0.3) is 0 Å². The molecule has 3 heterocycles. The highest BCUT2D eigenvalue weighted by atomic mass is 32.1. The number of aromatic nitrogens is 2. The van der Waals surface area contributed by atoms with Crippen LogP contribution in [-0.2, 0) is 4.79 Å². The van der Waals surface area contributed by atoms with Gasteiger partial charge in [0.05, 0.1) is 10.6 Å². The molecule has 3 amide bonds. The number of benzene rings is 1. The van der Waals surface area contributed by atoms with Gasteiger partial charge in [0.2, 0.25) is 5.91 Å². The second-order valence-corrected chi connectivity index (χ2v) is 9.38. The molecule has 2 N–H and O–H groups in total. The third kappa shape index (κ3) is 5.46. The molecular formula is C25H25N5O2S. The molecule has 1 aliphatic heterocycles. The third-order valence-electron chi connectivity index (χ3n) is 5.84. The van der Waals surface area contributed by atoms with Crippen LogP contribution >= 0.6 is 11.3 Å². The lowest BCUT2D eigenvalue weighted by atomic mass is 10.0. The molecule has 1 saturated heterocycles. The van der Waals surface area contributed by atoms with Crippen molar-refractivity contribution in [1.82, 2.24) is 14.9 Å². The molecule has 0 atom stereocenters. The number of likely N-dealkylation sites (tertiary alicyclic amines) is 1. The Labute approximate surface area is 196 Å². The summed E-state index contributed by atoms with van der Waals surface area (Å²) < 4.78 is 0. The number of thiazole rings is 1. The lowest BCUT2D eigenvalue weighted by Crippen LogP contribution is -2.39. The summed E-state index contributed by atoms with van der Waals surface area (Å²) >= 11 is 1.44. The number of pyridine rings is 1. The van der Waals surface area contributed by atoms with Gasteiger partial charge in [-0.3, -0.25) is 15.1 Å². The predicted octanol–water partition coefficient (Wildman–Crippen LogP) is 5.26. The summed E-state index contributed by atoms with van der Waals surface area (Å²) in [5.74, 6) is 0.281. The first kappa shape index (κ1) is 21.3. The van der Waals surface area contributed by atoms with Gasteiger partial charge in [-0.05, 0) is 61.6 Å². The Morgan fingerprint density at radius 3 is 2.48 bits per heavy atom. The predicted molar refractivity (Wildman–Crippen MR) is 131 cm³/mol. The summed E-state index contributed by atoms with van der Waals surface area (Å²) in [5.41, 5.74) is 4.07. The lowest BCUT2D eigenvalue weighted by Gasteiger charge is -2.28. The summed E-state index contributed by atoms with van der Waals surface area (Å²) in [6.45, 7) is 1.35. The van der Waals surface area contributed by atoms with Gasteiger partial charge in [0.1, 0.15) is 0 Å². The number of hydrogen-bond donors (Lipinski definition) is 2. The standard InChI is InChI=1S/C25H25N5O2S/c31-23(19-4-5-19)28-20-8-6-18(7-9-20)22-16-27-24(33-22)29-25(32)30-13-10-17(11-14-30)15-21-3-1-2-12-26-21/h1-3,6-9,12,15-16,19H,4-5,10-11,13-14H2,(H,28,31)(H,27,29,32). The normalized spacial score (nSPS) is 15.8. The van der Waals surface area contributed by atoms with E-state index in [1.165, 1.54) is 16.9 Å². The SMILES string of the molecule is O=C(Nc1ccc(-c2cnc(NC(=O)N3CCC(=Cc4ccccn4)CC3)s2)cc1)C1CC1. The first-order chi connectivity index (χ1) is 16.1. The summed E-state index contributed by atoms with van der Waals surface area (Å²) in [4.78, 5) is 36.1. The van der Waals surface area contributed by atoms with Crippen LogP contribution in [0.1, 0.15) is 31.4 Å². The molecule has 2 aromatic heterocycles. The molecule has 1 saturated carbocycles. The van der Waals surface area contributed by atoms with Crippen LogP contribution in [0, 0.1) is 5.92 Å². The number of hydrogen-bond acceptors (Lipinski definition) is 5. The molecule has 5 rings (SSSR count). The number of urea groups is 1. The Balaban J connectivity index is 1.14. The van der Waals surface area contributed by atoms with E-state index in [-0.39, 0.29) is 17.9 Å². The highest BCUT2D eigenvalue weighted by Gasteiger charge is 2.29. The monoisotopic (exact) mass is 459 g/mol. The summed E-state index contributed by atoms with van der Waals surface area (Å²) in [6, 6.07) is 13.5. The zero-order valence-electron chi connectivity index (χ0n) is 18.2. The van der Waals surface area contributed by atoms with E-state index in [4.69, 9.17) is 0 Å². The molecule has 1 aliphatic carbocycles. The van der Waals surface area contributed by atoms with Crippen LogP contribution in [0.5, 0.6) is 0 Å². The van der Waals surface area contributed by atoms with Crippen molar-refractivity contribution in [1.29, 1.82) is 0 Å². The van der Waals surface area contributed by atoms with Crippen molar-refractivity contribution >= 4 is 40.2 Å². The fourth-order valence-electron chi connectivity index (χ4n) is 3.76. The molecule has 0 bridgehead atoms. The Bertz CT molecular complexity index is 1160. The molecule has 2 aliphatic rings. The van der Waals surface area contributed by atoms with Crippen molar-refractivity contribution in [3.05, 3.63) is 66.1 Å². The van der Waals surface area contributed by atoms with E-state index < -0.39 is 0 Å². The van der Waals surface area contributed by atoms with E-state index in [1.54, 1.807) is 12.4 Å². The van der Waals surface area contributed by atoms with Gasteiger partial charge < -0.3 is 10.2 Å². The second-order valence-electron chi connectivity index (χ2n) is 8.34. The maximum atomic E-state index is 12.7. The average molecular weight is 460 g/mol. The molecule has 168 valence electrons. The van der Waals surface area contributed by atoms with Gasteiger partial charge in [-0.15, -0.1) is 0 Å². The van der Waals surface area contributed by atoms with Crippen molar-refractivity contribution in [2.45, 2.75) is 25.7 Å². The number of carbonyl (C=O) groups excluding carboxylic acids is 2. The van der Waals surface area contributed by atoms with Crippen molar-refractivity contribution in [3.8, 4) is 10.4 Å². The summed E-state index contributed by atoms with van der Waals surface area (Å²) in [5, 5.41) is 6.45. The summed E-state index contributed by atoms with van der Waals surface area (Å²) in [6.07, 6.45) is 9.33. The van der Waals surface area contributed by atoms with Crippen LogP contribution in [0.2, 0.25) is 0 Å². The minimum absolute atomic E-state index is 0.0996. The second kappa shape index (κ2) is 9.54. The Kier molecular flexibility index (Phi) is 6.17. The molecule has 33 heavy (non-hydrogen) atoms. The molecular weight excluding hydrogens is 434 g/mol. The van der Waals surface area contributed by atoms with Crippen LogP contribution in [0.4, 0.5) is 15.6 Å². The van der Waals surface area contributed by atoms with Gasteiger partial charge in [-0.25, -0.2) is 9.78 Å². The van der Waals surface area contributed by atoms with Gasteiger partial charge in [-0.2, -0.15) is 0 Å². The summed E-state index contributed by atoms with van der Waals surface area (Å²) in [7, 11) is 0. The largest absolute Gasteiger partial charge is 0.326 e. The smallest absolute Gasteiger partial charge is 0.323 e. The van der Waals surface area contributed by atoms with E-state index in [2.05, 4.69) is 26.7 Å². The first-order valence-corrected chi connectivity index (χ1v) is 12.0. The van der Waals surface area contributed by atoms with Crippen LogP contribution in [0.25, 0.3) is 16.5 Å². The number of carbonyl (C=O) groups is 2. The molecule has 1 aromatic carbocycles. The molecule has 7 nitrogen and oxygen atoms in total. The van der Waals surface area contributed by atoms with Gasteiger partial charge >= 0.3 is 6.03 Å². The highest BCUT2D eigenvalue weighted by molar-refractivity contribution is 7.19. The topological polar surface area (TPSA) is 87.2 Å². The van der Waals surface area contributed by atoms with Crippen LogP contribution in [0.15, 0.2) is 60.4 Å². The fourth-order valence-corrected chi connectivity index (χ4v) is 4.57. The number of amides is 3. The quantitative estimate of drug-likeness (QED) is 0.544. The van der Waals surface area contributed by atoms with Gasteiger partial charge in [-0.1, -0.05) is 35.1 Å². The molecule has 3 aromatic rings. The first-order valence-electron chi connectivity index (χ1n) is 11.2. The van der Waals surface area contributed by atoms with Gasteiger partial charge in [0, 0.05) is 37.1 Å². The van der Waals surface area contributed by atoms with E-state index in [1.807, 2.05) is 47.4 Å². The van der Waals surface area contributed by atoms with E-state index in [0.29, 0.717) is 18.2 Å². The zero-order chi connectivity index (χ0) is 22.6. The fraction of sp³-hybridized carbons (Fsp3) is 0.280. The average Bonchev–Trinajstić information content (AvgIpc) is 3.60. The van der Waals surface area contributed by atoms with Gasteiger partial charge in [0.15, 0.2) is 5.13 Å².